The summed E-state index contributed by atoms with van der Waals surface area (Å²) in [5.74, 6) is 1.11. The van der Waals surface area contributed by atoms with Gasteiger partial charge < -0.3 is 14.2 Å². The fraction of sp³-hybridized carbons (Fsp3) is 0.409. The Morgan fingerprint density at radius 1 is 1.10 bits per heavy atom. The van der Waals surface area contributed by atoms with Gasteiger partial charge in [0.2, 0.25) is 23.1 Å². The Labute approximate surface area is 180 Å². The van der Waals surface area contributed by atoms with Gasteiger partial charge in [0, 0.05) is 35.7 Å². The lowest BCUT2D eigenvalue weighted by molar-refractivity contribution is -0.126. The third kappa shape index (κ3) is 4.60. The van der Waals surface area contributed by atoms with Crippen LogP contribution in [0.3, 0.4) is 0 Å². The molecule has 1 fully saturated rings. The zero-order chi connectivity index (χ0) is 21.7. The molecule has 1 aliphatic carbocycles. The Morgan fingerprint density at radius 3 is 2.43 bits per heavy atom. The summed E-state index contributed by atoms with van der Waals surface area (Å²) in [7, 11) is 2.67. The van der Waals surface area contributed by atoms with E-state index in [1.807, 2.05) is 23.1 Å². The molecule has 1 saturated heterocycles. The van der Waals surface area contributed by atoms with Crippen LogP contribution in [0.2, 0.25) is 0 Å². The van der Waals surface area contributed by atoms with Crippen molar-refractivity contribution in [3.63, 3.8) is 0 Å². The minimum absolute atomic E-state index is 0.0479. The van der Waals surface area contributed by atoms with E-state index in [2.05, 4.69) is 0 Å². The Bertz CT molecular complexity index is 892. The van der Waals surface area contributed by atoms with Crippen molar-refractivity contribution in [2.75, 3.05) is 45.4 Å². The topological polar surface area (TPSA) is 82.1 Å². The van der Waals surface area contributed by atoms with E-state index in [9.17, 15) is 14.4 Å². The molecular formula is C22H25NO6S. The van der Waals surface area contributed by atoms with Crippen LogP contribution < -0.4 is 4.74 Å². The van der Waals surface area contributed by atoms with Gasteiger partial charge in [0.05, 0.1) is 20.3 Å². The molecule has 0 amide bonds. The van der Waals surface area contributed by atoms with Gasteiger partial charge in [-0.2, -0.15) is 11.8 Å². The molecule has 7 nitrogen and oxygen atoms in total. The zero-order valence-electron chi connectivity index (χ0n) is 17.3. The van der Waals surface area contributed by atoms with Crippen LogP contribution in [0.4, 0.5) is 0 Å². The van der Waals surface area contributed by atoms with Crippen molar-refractivity contribution in [1.82, 2.24) is 4.90 Å². The average Bonchev–Trinajstić information content (AvgIpc) is 2.78. The average molecular weight is 432 g/mol. The van der Waals surface area contributed by atoms with Crippen molar-refractivity contribution in [2.45, 2.75) is 13.0 Å². The molecule has 0 aromatic heterocycles. The van der Waals surface area contributed by atoms with E-state index in [0.29, 0.717) is 29.2 Å². The van der Waals surface area contributed by atoms with Gasteiger partial charge in [0.15, 0.2) is 5.78 Å². The predicted molar refractivity (Wildman–Crippen MR) is 113 cm³/mol. The lowest BCUT2D eigenvalue weighted by atomic mass is 9.92. The Balaban J connectivity index is 1.75. The maximum atomic E-state index is 12.9. The number of rotatable bonds is 8. The second kappa shape index (κ2) is 9.95. The number of allylic oxidation sites excluding steroid dienone is 2. The molecule has 30 heavy (non-hydrogen) atoms. The molecular weight excluding hydrogens is 406 g/mol. The van der Waals surface area contributed by atoms with Crippen molar-refractivity contribution in [2.24, 2.45) is 0 Å². The van der Waals surface area contributed by atoms with Gasteiger partial charge in [0.1, 0.15) is 12.4 Å². The van der Waals surface area contributed by atoms with Gasteiger partial charge >= 0.3 is 0 Å². The third-order valence-corrected chi connectivity index (χ3v) is 6.21. The first kappa shape index (κ1) is 22.1. The van der Waals surface area contributed by atoms with E-state index in [0.717, 1.165) is 5.75 Å². The molecule has 0 saturated carbocycles. The number of hydrogen-bond donors (Lipinski definition) is 0. The van der Waals surface area contributed by atoms with Crippen LogP contribution in [0.5, 0.6) is 5.75 Å². The first-order valence-electron chi connectivity index (χ1n) is 9.61. The molecule has 1 aromatic carbocycles. The minimum atomic E-state index is -0.394. The van der Waals surface area contributed by atoms with E-state index in [1.165, 1.54) is 14.2 Å². The number of hydrogen-bond acceptors (Lipinski definition) is 8. The zero-order valence-corrected chi connectivity index (χ0v) is 18.1. The number of ether oxygens (including phenoxy) is 3. The second-order valence-electron chi connectivity index (χ2n) is 6.96. The number of methoxy groups -OCH3 is 2. The standard InChI is InChI=1S/C22H25NO6S/c1-14-16(20(26)22(28-3)21(27-2)19(14)25)11-23-9-10-30-13-17(23)18(24)12-29-15-7-5-4-6-8-15/h4-8,17H,9-13H2,1-3H3. The smallest absolute Gasteiger partial charge is 0.229 e. The fourth-order valence-electron chi connectivity index (χ4n) is 3.48. The monoisotopic (exact) mass is 431 g/mol. The summed E-state index contributed by atoms with van der Waals surface area (Å²) in [6, 6.07) is 8.77. The SMILES string of the molecule is COC1=C(OC)C(=O)C(CN2CCSCC2C(=O)COc2ccccc2)=C(C)C1=O. The number of nitrogens with zero attached hydrogens (tertiary/aromatic N) is 1. The molecule has 160 valence electrons. The molecule has 1 unspecified atom stereocenters. The molecule has 0 bridgehead atoms. The van der Waals surface area contributed by atoms with Gasteiger partial charge in [-0.15, -0.1) is 0 Å². The summed E-state index contributed by atoms with van der Waals surface area (Å²) in [5.41, 5.74) is 0.661. The van der Waals surface area contributed by atoms with Crippen molar-refractivity contribution in [1.29, 1.82) is 0 Å². The summed E-state index contributed by atoms with van der Waals surface area (Å²) < 4.78 is 15.8. The van der Waals surface area contributed by atoms with E-state index in [-0.39, 0.29) is 42.0 Å². The molecule has 1 aromatic rings. The number of thioether (sulfide) groups is 1. The predicted octanol–water partition coefficient (Wildman–Crippen LogP) is 2.02. The summed E-state index contributed by atoms with van der Waals surface area (Å²) in [6.07, 6.45) is 0. The summed E-state index contributed by atoms with van der Waals surface area (Å²) in [6.45, 7) is 2.39. The van der Waals surface area contributed by atoms with Crippen molar-refractivity contribution >= 4 is 29.1 Å². The molecule has 1 heterocycles. The molecule has 1 aliphatic heterocycles. The summed E-state index contributed by atoms with van der Waals surface area (Å²) in [4.78, 5) is 40.4. The highest BCUT2D eigenvalue weighted by molar-refractivity contribution is 7.99. The quantitative estimate of drug-likeness (QED) is 0.579. The number of Topliss-reactive ketones (excluding diaryl/α,β-unsaturated/α-hetero) is 3. The highest BCUT2D eigenvalue weighted by Crippen LogP contribution is 2.28. The van der Waals surface area contributed by atoms with Gasteiger partial charge in [-0.3, -0.25) is 19.3 Å². The summed E-state index contributed by atoms with van der Waals surface area (Å²) >= 11 is 1.69. The van der Waals surface area contributed by atoms with Crippen LogP contribution in [-0.2, 0) is 23.9 Å². The van der Waals surface area contributed by atoms with E-state index in [4.69, 9.17) is 14.2 Å². The van der Waals surface area contributed by atoms with Crippen molar-refractivity contribution < 1.29 is 28.6 Å². The number of benzene rings is 1. The fourth-order valence-corrected chi connectivity index (χ4v) is 4.63. The highest BCUT2D eigenvalue weighted by atomic mass is 32.2. The normalized spacial score (nSPS) is 20.4. The Kier molecular flexibility index (Phi) is 7.33. The van der Waals surface area contributed by atoms with Crippen LogP contribution >= 0.6 is 11.8 Å². The van der Waals surface area contributed by atoms with Gasteiger partial charge in [-0.05, 0) is 19.1 Å². The number of carbonyl (C=O) groups is 3. The maximum absolute atomic E-state index is 12.9. The number of carbonyl (C=O) groups excluding carboxylic acids is 3. The van der Waals surface area contributed by atoms with Crippen LogP contribution in [-0.4, -0.2) is 73.7 Å². The third-order valence-electron chi connectivity index (χ3n) is 5.19. The molecule has 0 N–H and O–H groups in total. The Morgan fingerprint density at radius 2 is 1.77 bits per heavy atom. The van der Waals surface area contributed by atoms with Crippen LogP contribution in [0.15, 0.2) is 53.0 Å². The Hall–Kier alpha value is -2.58. The first-order valence-corrected chi connectivity index (χ1v) is 10.8. The molecule has 8 heteroatoms. The number of para-hydroxylation sites is 1. The van der Waals surface area contributed by atoms with Gasteiger partial charge in [0.25, 0.3) is 0 Å². The van der Waals surface area contributed by atoms with E-state index in [1.54, 1.807) is 30.8 Å². The second-order valence-corrected chi connectivity index (χ2v) is 8.11. The van der Waals surface area contributed by atoms with Crippen LogP contribution in [0.1, 0.15) is 6.92 Å². The number of ketones is 3. The molecule has 2 aliphatic rings. The van der Waals surface area contributed by atoms with E-state index >= 15 is 0 Å². The van der Waals surface area contributed by atoms with Crippen molar-refractivity contribution in [3.8, 4) is 5.75 Å². The lowest BCUT2D eigenvalue weighted by Gasteiger charge is -2.35. The maximum Gasteiger partial charge on any atom is 0.229 e. The molecule has 3 rings (SSSR count). The first-order chi connectivity index (χ1) is 14.5. The molecule has 1 atom stereocenters. The minimum Gasteiger partial charge on any atom is -0.489 e. The van der Waals surface area contributed by atoms with Gasteiger partial charge in [-0.1, -0.05) is 18.2 Å². The van der Waals surface area contributed by atoms with E-state index < -0.39 is 6.04 Å². The van der Waals surface area contributed by atoms with Crippen LogP contribution in [0, 0.1) is 0 Å². The van der Waals surface area contributed by atoms with Crippen LogP contribution in [0.25, 0.3) is 0 Å². The van der Waals surface area contributed by atoms with Crippen molar-refractivity contribution in [3.05, 3.63) is 53.0 Å². The largest absolute Gasteiger partial charge is 0.489 e. The highest BCUT2D eigenvalue weighted by Gasteiger charge is 2.37. The lowest BCUT2D eigenvalue weighted by Crippen LogP contribution is -2.50. The summed E-state index contributed by atoms with van der Waals surface area (Å²) in [5, 5.41) is 0. The molecule has 0 radical (unpaired) electrons. The molecule has 0 spiro atoms. The van der Waals surface area contributed by atoms with Gasteiger partial charge in [-0.25, -0.2) is 0 Å².